The van der Waals surface area contributed by atoms with Crippen molar-refractivity contribution in [1.29, 1.82) is 0 Å². The number of aromatic nitrogens is 2. The van der Waals surface area contributed by atoms with Crippen LogP contribution in [0.3, 0.4) is 0 Å². The molecule has 0 N–H and O–H groups in total. The van der Waals surface area contributed by atoms with Crippen LogP contribution in [0.4, 0.5) is 0 Å². The van der Waals surface area contributed by atoms with Gasteiger partial charge in [0.1, 0.15) is 5.75 Å². The molecule has 0 amide bonds. The van der Waals surface area contributed by atoms with Gasteiger partial charge in [0.05, 0.1) is 12.7 Å². The number of ether oxygens (including phenoxy) is 1. The zero-order valence-electron chi connectivity index (χ0n) is 11.6. The Bertz CT molecular complexity index is 783. The maximum atomic E-state index is 6.03. The number of rotatable bonds is 3. The van der Waals surface area contributed by atoms with Crippen LogP contribution in [-0.4, -0.2) is 17.3 Å². The predicted octanol–water partition coefficient (Wildman–Crippen LogP) is 4.37. The van der Waals surface area contributed by atoms with Gasteiger partial charge in [0, 0.05) is 10.6 Å². The molecule has 0 aliphatic carbocycles. The van der Waals surface area contributed by atoms with Gasteiger partial charge >= 0.3 is 0 Å². The number of aryl methyl sites for hydroxylation is 1. The summed E-state index contributed by atoms with van der Waals surface area (Å²) in [6, 6.07) is 13.1. The van der Waals surface area contributed by atoms with Gasteiger partial charge in [-0.05, 0) is 30.7 Å². The second-order valence-electron chi connectivity index (χ2n) is 4.58. The molecule has 0 bridgehead atoms. The van der Waals surface area contributed by atoms with Crippen LogP contribution in [0.1, 0.15) is 5.56 Å². The molecule has 2 aromatic carbocycles. The first-order valence-electron chi connectivity index (χ1n) is 6.42. The molecule has 0 aliphatic rings. The summed E-state index contributed by atoms with van der Waals surface area (Å²) in [6.07, 6.45) is 0. The van der Waals surface area contributed by atoms with E-state index >= 15 is 0 Å². The Balaban J connectivity index is 2.07. The van der Waals surface area contributed by atoms with Gasteiger partial charge in [0.2, 0.25) is 5.82 Å². The highest BCUT2D eigenvalue weighted by atomic mass is 35.5. The fourth-order valence-electron chi connectivity index (χ4n) is 2.11. The second kappa shape index (κ2) is 5.58. The maximum absolute atomic E-state index is 6.03. The first kappa shape index (κ1) is 13.6. The van der Waals surface area contributed by atoms with Crippen LogP contribution in [0.15, 0.2) is 47.0 Å². The molecule has 3 aromatic rings. The van der Waals surface area contributed by atoms with E-state index in [4.69, 9.17) is 20.9 Å². The van der Waals surface area contributed by atoms with Crippen LogP contribution in [0.2, 0.25) is 5.02 Å². The number of hydrogen-bond donors (Lipinski definition) is 0. The fraction of sp³-hybridized carbons (Fsp3) is 0.125. The summed E-state index contributed by atoms with van der Waals surface area (Å²) >= 11 is 6.03. The van der Waals surface area contributed by atoms with E-state index in [2.05, 4.69) is 10.1 Å². The van der Waals surface area contributed by atoms with E-state index in [1.165, 1.54) is 0 Å². The van der Waals surface area contributed by atoms with Crippen molar-refractivity contribution < 1.29 is 9.26 Å². The molecule has 0 fully saturated rings. The first-order valence-corrected chi connectivity index (χ1v) is 6.80. The lowest BCUT2D eigenvalue weighted by molar-refractivity contribution is 0.405. The van der Waals surface area contributed by atoms with Crippen LogP contribution in [0, 0.1) is 6.92 Å². The quantitative estimate of drug-likeness (QED) is 0.720. The Morgan fingerprint density at radius 1 is 1.10 bits per heavy atom. The van der Waals surface area contributed by atoms with Gasteiger partial charge in [-0.25, -0.2) is 0 Å². The van der Waals surface area contributed by atoms with Crippen LogP contribution >= 0.6 is 11.6 Å². The summed E-state index contributed by atoms with van der Waals surface area (Å²) in [6.45, 7) is 2.01. The highest BCUT2D eigenvalue weighted by molar-refractivity contribution is 6.30. The van der Waals surface area contributed by atoms with Crippen LogP contribution in [0.25, 0.3) is 22.8 Å². The SMILES string of the molecule is COc1ccc(Cl)cc1-c1nc(-c2ccccc2C)no1. The van der Waals surface area contributed by atoms with Crippen molar-refractivity contribution in [2.45, 2.75) is 6.92 Å². The number of hydrogen-bond acceptors (Lipinski definition) is 4. The monoisotopic (exact) mass is 300 g/mol. The van der Waals surface area contributed by atoms with Gasteiger partial charge in [-0.3, -0.25) is 0 Å². The highest BCUT2D eigenvalue weighted by Gasteiger charge is 2.16. The molecule has 0 saturated carbocycles. The molecular formula is C16H13ClN2O2. The van der Waals surface area contributed by atoms with Gasteiger partial charge in [-0.2, -0.15) is 4.98 Å². The summed E-state index contributed by atoms with van der Waals surface area (Å²) < 4.78 is 10.7. The summed E-state index contributed by atoms with van der Waals surface area (Å²) in [5, 5.41) is 4.63. The molecule has 5 heteroatoms. The van der Waals surface area contributed by atoms with Gasteiger partial charge < -0.3 is 9.26 Å². The summed E-state index contributed by atoms with van der Waals surface area (Å²) in [5.74, 6) is 1.57. The molecule has 106 valence electrons. The lowest BCUT2D eigenvalue weighted by Gasteiger charge is -2.04. The minimum Gasteiger partial charge on any atom is -0.496 e. The molecular weight excluding hydrogens is 288 g/mol. The first-order chi connectivity index (χ1) is 10.2. The number of methoxy groups -OCH3 is 1. The van der Waals surface area contributed by atoms with Crippen molar-refractivity contribution >= 4 is 11.6 Å². The average molecular weight is 301 g/mol. The van der Waals surface area contributed by atoms with Crippen molar-refractivity contribution in [2.24, 2.45) is 0 Å². The van der Waals surface area contributed by atoms with Crippen molar-refractivity contribution in [3.05, 3.63) is 53.1 Å². The normalized spacial score (nSPS) is 10.6. The lowest BCUT2D eigenvalue weighted by Crippen LogP contribution is -1.88. The Hall–Kier alpha value is -2.33. The van der Waals surface area contributed by atoms with Crippen LogP contribution in [-0.2, 0) is 0 Å². The Morgan fingerprint density at radius 2 is 1.90 bits per heavy atom. The average Bonchev–Trinajstić information content (AvgIpc) is 2.97. The zero-order valence-corrected chi connectivity index (χ0v) is 12.4. The zero-order chi connectivity index (χ0) is 14.8. The molecule has 0 atom stereocenters. The highest BCUT2D eigenvalue weighted by Crippen LogP contribution is 2.32. The van der Waals surface area contributed by atoms with Crippen molar-refractivity contribution in [3.63, 3.8) is 0 Å². The van der Waals surface area contributed by atoms with Gasteiger partial charge in [-0.1, -0.05) is 41.0 Å². The molecule has 0 spiro atoms. The smallest absolute Gasteiger partial charge is 0.262 e. The van der Waals surface area contributed by atoms with E-state index in [9.17, 15) is 0 Å². The molecule has 1 aromatic heterocycles. The van der Waals surface area contributed by atoms with Gasteiger partial charge in [0.25, 0.3) is 5.89 Å². The third-order valence-corrected chi connectivity index (χ3v) is 3.44. The largest absolute Gasteiger partial charge is 0.496 e. The lowest BCUT2D eigenvalue weighted by atomic mass is 10.1. The van der Waals surface area contributed by atoms with Gasteiger partial charge in [-0.15, -0.1) is 0 Å². The van der Waals surface area contributed by atoms with Crippen molar-refractivity contribution in [2.75, 3.05) is 7.11 Å². The number of nitrogens with zero attached hydrogens (tertiary/aromatic N) is 2. The second-order valence-corrected chi connectivity index (χ2v) is 5.02. The third-order valence-electron chi connectivity index (χ3n) is 3.20. The van der Waals surface area contributed by atoms with Crippen molar-refractivity contribution in [1.82, 2.24) is 10.1 Å². The molecule has 0 unspecified atom stereocenters. The van der Waals surface area contributed by atoms with Crippen molar-refractivity contribution in [3.8, 4) is 28.6 Å². The molecule has 3 rings (SSSR count). The predicted molar refractivity (Wildman–Crippen MR) is 81.5 cm³/mol. The van der Waals surface area contributed by atoms with E-state index in [1.807, 2.05) is 31.2 Å². The molecule has 21 heavy (non-hydrogen) atoms. The van der Waals surface area contributed by atoms with E-state index < -0.39 is 0 Å². The molecule has 4 nitrogen and oxygen atoms in total. The standard InChI is InChI=1S/C16H13ClN2O2/c1-10-5-3-4-6-12(10)15-18-16(21-19-15)13-9-11(17)7-8-14(13)20-2/h3-9H,1-2H3. The van der Waals surface area contributed by atoms with Gasteiger partial charge in [0.15, 0.2) is 0 Å². The molecule has 0 saturated heterocycles. The molecule has 1 heterocycles. The minimum atomic E-state index is 0.382. The summed E-state index contributed by atoms with van der Waals surface area (Å²) in [5.41, 5.74) is 2.70. The number of benzene rings is 2. The van der Waals surface area contributed by atoms with E-state index in [0.29, 0.717) is 28.1 Å². The minimum absolute atomic E-state index is 0.382. The van der Waals surface area contributed by atoms with Crippen LogP contribution in [0.5, 0.6) is 5.75 Å². The topological polar surface area (TPSA) is 48.2 Å². The number of halogens is 1. The Morgan fingerprint density at radius 3 is 2.67 bits per heavy atom. The fourth-order valence-corrected chi connectivity index (χ4v) is 2.29. The van der Waals surface area contributed by atoms with E-state index in [-0.39, 0.29) is 0 Å². The maximum Gasteiger partial charge on any atom is 0.262 e. The van der Waals surface area contributed by atoms with E-state index in [1.54, 1.807) is 25.3 Å². The Labute approximate surface area is 127 Å². The van der Waals surface area contributed by atoms with E-state index in [0.717, 1.165) is 11.1 Å². The molecule has 0 aliphatic heterocycles. The molecule has 0 radical (unpaired) electrons. The third kappa shape index (κ3) is 2.62. The van der Waals surface area contributed by atoms with Crippen LogP contribution < -0.4 is 4.74 Å². The summed E-state index contributed by atoms with van der Waals surface area (Å²) in [4.78, 5) is 4.44. The Kier molecular flexibility index (Phi) is 3.62. The summed E-state index contributed by atoms with van der Waals surface area (Å²) in [7, 11) is 1.59.